The Morgan fingerprint density at radius 1 is 1.14 bits per heavy atom. The van der Waals surface area contributed by atoms with Crippen molar-refractivity contribution in [3.8, 4) is 0 Å². The fraction of sp³-hybridized carbons (Fsp3) is 0.100. The number of pyridine rings is 1. The molecule has 1 heterocycles. The van der Waals surface area contributed by atoms with Gasteiger partial charge in [0.15, 0.2) is 0 Å². The van der Waals surface area contributed by atoms with E-state index in [2.05, 4.69) is 23.5 Å². The number of halogens is 5. The number of hydrogen-bond acceptors (Lipinski definition) is 2. The lowest BCUT2D eigenvalue weighted by molar-refractivity contribution is -0.138. The van der Waals surface area contributed by atoms with Crippen LogP contribution in [0.5, 0.6) is 0 Å². The number of anilines is 1. The van der Waals surface area contributed by atoms with E-state index in [0.29, 0.717) is 11.6 Å². The van der Waals surface area contributed by atoms with E-state index < -0.39 is 34.9 Å². The molecule has 0 aliphatic heterocycles. The topological polar surface area (TPSA) is 42.0 Å². The van der Waals surface area contributed by atoms with Gasteiger partial charge in [-0.2, -0.15) is 13.2 Å². The number of alkyl halides is 3. The number of nitrogens with zero attached hydrogens (tertiary/aromatic N) is 1. The van der Waals surface area contributed by atoms with Crippen molar-refractivity contribution in [1.82, 2.24) is 4.98 Å². The van der Waals surface area contributed by atoms with Gasteiger partial charge in [0.25, 0.3) is 5.91 Å². The van der Waals surface area contributed by atoms with Crippen LogP contribution < -0.4 is 5.32 Å². The lowest BCUT2D eigenvalue weighted by Gasteiger charge is -2.12. The molecule has 0 radical (unpaired) electrons. The van der Waals surface area contributed by atoms with Gasteiger partial charge in [0.2, 0.25) is 0 Å². The van der Waals surface area contributed by atoms with Gasteiger partial charge >= 0.3 is 6.18 Å². The number of amides is 1. The maximum atomic E-state index is 13.5. The molecule has 0 fully saturated rings. The van der Waals surface area contributed by atoms with Gasteiger partial charge < -0.3 is 5.32 Å². The number of allylic oxidation sites excluding steroid dienone is 2. The summed E-state index contributed by atoms with van der Waals surface area (Å²) in [6, 6.07) is 7.08. The Hall–Kier alpha value is -3.29. The zero-order valence-electron chi connectivity index (χ0n) is 14.5. The molecule has 0 unspecified atom stereocenters. The number of hydrogen-bond donors (Lipinski definition) is 1. The van der Waals surface area contributed by atoms with Crippen molar-refractivity contribution in [2.24, 2.45) is 0 Å². The van der Waals surface area contributed by atoms with Crippen molar-refractivity contribution in [2.45, 2.75) is 12.6 Å². The van der Waals surface area contributed by atoms with Gasteiger partial charge in [-0.1, -0.05) is 25.3 Å². The summed E-state index contributed by atoms with van der Waals surface area (Å²) in [7, 11) is 0. The third-order valence-electron chi connectivity index (χ3n) is 3.74. The highest BCUT2D eigenvalue weighted by Gasteiger charge is 2.33. The van der Waals surface area contributed by atoms with Gasteiger partial charge in [-0.05, 0) is 41.8 Å². The van der Waals surface area contributed by atoms with E-state index in [4.69, 9.17) is 0 Å². The highest BCUT2D eigenvalue weighted by Crippen LogP contribution is 2.32. The molecule has 8 heteroatoms. The maximum Gasteiger partial charge on any atom is 0.418 e. The normalized spacial score (nSPS) is 12.2. The molecule has 1 aromatic heterocycles. The van der Waals surface area contributed by atoms with Crippen molar-refractivity contribution in [3.05, 3.63) is 95.9 Å². The molecule has 0 aliphatic carbocycles. The largest absolute Gasteiger partial charge is 0.418 e. The summed E-state index contributed by atoms with van der Waals surface area (Å²) in [6.45, 7) is 6.03. The van der Waals surface area contributed by atoms with Crippen LogP contribution in [0.4, 0.5) is 27.6 Å². The molecular formula is C20H15F5N2O. The van der Waals surface area contributed by atoms with E-state index in [-0.39, 0.29) is 17.7 Å². The van der Waals surface area contributed by atoms with E-state index in [0.717, 1.165) is 6.20 Å². The fourth-order valence-corrected chi connectivity index (χ4v) is 2.42. The lowest BCUT2D eigenvalue weighted by atomic mass is 10.0. The summed E-state index contributed by atoms with van der Waals surface area (Å²) in [5, 5.41) is 2.29. The minimum atomic E-state index is -4.52. The molecule has 2 rings (SSSR count). The molecule has 0 saturated carbocycles. The number of carbonyl (C=O) groups excluding carboxylic acids is 1. The number of carbonyl (C=O) groups is 1. The quantitative estimate of drug-likeness (QED) is 0.398. The predicted octanol–water partition coefficient (Wildman–Crippen LogP) is 5.52. The maximum absolute atomic E-state index is 13.5. The van der Waals surface area contributed by atoms with Crippen molar-refractivity contribution in [3.63, 3.8) is 0 Å². The molecule has 3 nitrogen and oxygen atoms in total. The monoisotopic (exact) mass is 394 g/mol. The van der Waals surface area contributed by atoms with Crippen molar-refractivity contribution in [2.75, 3.05) is 5.32 Å². The Labute approximate surface area is 157 Å². The molecule has 0 saturated heterocycles. The van der Waals surface area contributed by atoms with Crippen molar-refractivity contribution in [1.29, 1.82) is 0 Å². The van der Waals surface area contributed by atoms with Crippen LogP contribution in [0, 0.1) is 0 Å². The second kappa shape index (κ2) is 8.60. The summed E-state index contributed by atoms with van der Waals surface area (Å²) < 4.78 is 65.9. The Morgan fingerprint density at radius 3 is 2.32 bits per heavy atom. The molecule has 0 aliphatic rings. The van der Waals surface area contributed by atoms with Crippen LogP contribution in [0.1, 0.15) is 16.7 Å². The van der Waals surface area contributed by atoms with Gasteiger partial charge in [0, 0.05) is 18.1 Å². The first-order chi connectivity index (χ1) is 13.1. The summed E-state index contributed by atoms with van der Waals surface area (Å²) in [6.07, 6.45) is -1.83. The van der Waals surface area contributed by atoms with Crippen LogP contribution >= 0.6 is 0 Å². The average molecular weight is 394 g/mol. The molecule has 0 spiro atoms. The highest BCUT2D eigenvalue weighted by atomic mass is 19.4. The van der Waals surface area contributed by atoms with Gasteiger partial charge in [0.1, 0.15) is 17.2 Å². The zero-order chi connectivity index (χ0) is 20.9. The van der Waals surface area contributed by atoms with Gasteiger partial charge in [0.05, 0.1) is 5.56 Å². The first-order valence-electron chi connectivity index (χ1n) is 7.91. The predicted molar refractivity (Wildman–Crippen MR) is 95.7 cm³/mol. The Balaban J connectivity index is 2.18. The first-order valence-corrected chi connectivity index (χ1v) is 7.91. The van der Waals surface area contributed by atoms with Crippen LogP contribution in [0.2, 0.25) is 0 Å². The van der Waals surface area contributed by atoms with E-state index >= 15 is 0 Å². The lowest BCUT2D eigenvalue weighted by Crippen LogP contribution is -2.15. The average Bonchev–Trinajstić information content (AvgIpc) is 2.62. The third-order valence-corrected chi connectivity index (χ3v) is 3.74. The van der Waals surface area contributed by atoms with E-state index in [1.807, 2.05) is 0 Å². The van der Waals surface area contributed by atoms with Crippen molar-refractivity contribution < 1.29 is 26.7 Å². The third kappa shape index (κ3) is 5.12. The first kappa shape index (κ1) is 21.0. The summed E-state index contributed by atoms with van der Waals surface area (Å²) in [4.78, 5) is 15.5. The van der Waals surface area contributed by atoms with E-state index in [9.17, 15) is 26.7 Å². The standard InChI is InChI=1S/C20H15F5N2O/c1-3-17(22)18(12(2)21)19(28)27-15-6-4-13(5-7-15)10-14-8-9-26-11-16(14)20(23,24)25/h3-9,11H,1-2,10H2,(H,27,28)/b18-17-. The Kier molecular flexibility index (Phi) is 6.45. The summed E-state index contributed by atoms with van der Waals surface area (Å²) in [5.74, 6) is -3.49. The minimum absolute atomic E-state index is 0.0108. The molecule has 146 valence electrons. The van der Waals surface area contributed by atoms with Crippen LogP contribution in [0.25, 0.3) is 0 Å². The summed E-state index contributed by atoms with van der Waals surface area (Å²) in [5.41, 5.74) is -0.923. The van der Waals surface area contributed by atoms with Gasteiger partial charge in [-0.15, -0.1) is 0 Å². The fourth-order valence-electron chi connectivity index (χ4n) is 2.42. The molecule has 0 atom stereocenters. The van der Waals surface area contributed by atoms with Crippen LogP contribution in [-0.2, 0) is 17.4 Å². The van der Waals surface area contributed by atoms with Gasteiger partial charge in [-0.3, -0.25) is 9.78 Å². The van der Waals surface area contributed by atoms with Crippen LogP contribution in [-0.4, -0.2) is 10.9 Å². The molecule has 1 aromatic carbocycles. The van der Waals surface area contributed by atoms with E-state index in [1.54, 1.807) is 0 Å². The number of aromatic nitrogens is 1. The molecule has 2 aromatic rings. The highest BCUT2D eigenvalue weighted by molar-refractivity contribution is 6.07. The van der Waals surface area contributed by atoms with Gasteiger partial charge in [-0.25, -0.2) is 8.78 Å². The van der Waals surface area contributed by atoms with E-state index in [1.165, 1.54) is 36.5 Å². The Bertz CT molecular complexity index is 930. The molecule has 28 heavy (non-hydrogen) atoms. The number of rotatable bonds is 6. The SMILES string of the molecule is C=C/C(F)=C(\C(=C)F)C(=O)Nc1ccc(Cc2ccncc2C(F)(F)F)cc1. The van der Waals surface area contributed by atoms with Crippen molar-refractivity contribution >= 4 is 11.6 Å². The summed E-state index contributed by atoms with van der Waals surface area (Å²) >= 11 is 0. The molecule has 1 N–H and O–H groups in total. The molecule has 0 bridgehead atoms. The van der Waals surface area contributed by atoms with Crippen LogP contribution in [0.15, 0.2) is 79.2 Å². The number of benzene rings is 1. The second-order valence-corrected chi connectivity index (χ2v) is 5.69. The Morgan fingerprint density at radius 2 is 1.79 bits per heavy atom. The van der Waals surface area contributed by atoms with Crippen LogP contribution in [0.3, 0.4) is 0 Å². The minimum Gasteiger partial charge on any atom is -0.322 e. The second-order valence-electron chi connectivity index (χ2n) is 5.69. The molecule has 1 amide bonds. The number of nitrogens with one attached hydrogen (secondary N) is 1. The smallest absolute Gasteiger partial charge is 0.322 e. The molecular weight excluding hydrogens is 379 g/mol. The zero-order valence-corrected chi connectivity index (χ0v) is 14.5.